The molecule has 3 rings (SSSR count). The van der Waals surface area contributed by atoms with Crippen molar-refractivity contribution >= 4 is 5.97 Å². The number of tetrazole rings is 1. The van der Waals surface area contributed by atoms with Crippen molar-refractivity contribution in [2.75, 3.05) is 0 Å². The number of benzene rings is 1. The van der Waals surface area contributed by atoms with Gasteiger partial charge >= 0.3 is 5.97 Å². The highest BCUT2D eigenvalue weighted by molar-refractivity contribution is 5.90. The van der Waals surface area contributed by atoms with Crippen LogP contribution in [0.1, 0.15) is 10.4 Å². The van der Waals surface area contributed by atoms with Crippen LogP contribution in [0.25, 0.3) is 17.2 Å². The summed E-state index contributed by atoms with van der Waals surface area (Å²) in [6, 6.07) is 9.91. The van der Waals surface area contributed by atoms with Gasteiger partial charge in [0.2, 0.25) is 5.82 Å². The topological polar surface area (TPSA) is 93.8 Å². The highest BCUT2D eigenvalue weighted by Gasteiger charge is 2.17. The van der Waals surface area contributed by atoms with Crippen LogP contribution in [0.3, 0.4) is 0 Å². The Morgan fingerprint density at radius 1 is 1.24 bits per heavy atom. The summed E-state index contributed by atoms with van der Waals surface area (Å²) in [5.74, 6) is -1.85. The van der Waals surface area contributed by atoms with Gasteiger partial charge in [-0.15, -0.1) is 15.0 Å². The molecule has 8 heteroatoms. The smallest absolute Gasteiger partial charge is 0.339 e. The fraction of sp³-hybridized carbons (Fsp3) is 0. The first-order valence-corrected chi connectivity index (χ1v) is 5.90. The second-order valence-corrected chi connectivity index (χ2v) is 4.10. The molecule has 7 nitrogen and oxygen atoms in total. The number of hydrogen-bond acceptors (Lipinski definition) is 5. The summed E-state index contributed by atoms with van der Waals surface area (Å²) in [6.07, 6.45) is 0.896. The number of nitrogens with zero attached hydrogens (tertiary/aromatic N) is 5. The van der Waals surface area contributed by atoms with Crippen LogP contribution in [0, 0.1) is 5.82 Å². The van der Waals surface area contributed by atoms with Crippen molar-refractivity contribution in [3.05, 3.63) is 54.0 Å². The number of carboxylic acids is 1. The summed E-state index contributed by atoms with van der Waals surface area (Å²) < 4.78 is 13.1. The van der Waals surface area contributed by atoms with Gasteiger partial charge in [-0.25, -0.2) is 14.2 Å². The molecule has 104 valence electrons. The molecule has 0 aliphatic carbocycles. The maximum Gasteiger partial charge on any atom is 0.339 e. The molecule has 21 heavy (non-hydrogen) atoms. The van der Waals surface area contributed by atoms with Gasteiger partial charge in [0.25, 0.3) is 0 Å². The average Bonchev–Trinajstić information content (AvgIpc) is 2.97. The summed E-state index contributed by atoms with van der Waals surface area (Å²) in [7, 11) is 0. The Morgan fingerprint density at radius 2 is 2.00 bits per heavy atom. The van der Waals surface area contributed by atoms with Crippen molar-refractivity contribution in [3.8, 4) is 17.2 Å². The van der Waals surface area contributed by atoms with Crippen LogP contribution in [0.5, 0.6) is 0 Å². The fourth-order valence-corrected chi connectivity index (χ4v) is 1.76. The molecule has 0 radical (unpaired) electrons. The Hall–Kier alpha value is -3.16. The van der Waals surface area contributed by atoms with Gasteiger partial charge in [-0.3, -0.25) is 0 Å². The molecule has 0 bridgehead atoms. The highest BCUT2D eigenvalue weighted by atomic mass is 19.1. The first-order chi connectivity index (χ1) is 10.1. The van der Waals surface area contributed by atoms with Gasteiger partial charge in [-0.05, 0) is 11.3 Å². The van der Waals surface area contributed by atoms with Crippen LogP contribution in [-0.2, 0) is 0 Å². The van der Waals surface area contributed by atoms with Gasteiger partial charge in [0.1, 0.15) is 11.4 Å². The maximum atomic E-state index is 13.1. The molecule has 0 aliphatic heterocycles. The van der Waals surface area contributed by atoms with E-state index in [9.17, 15) is 9.18 Å². The number of aromatic nitrogens is 5. The summed E-state index contributed by atoms with van der Waals surface area (Å²) in [4.78, 5) is 15.8. The van der Waals surface area contributed by atoms with E-state index >= 15 is 0 Å². The zero-order valence-corrected chi connectivity index (χ0v) is 10.5. The lowest BCUT2D eigenvalue weighted by molar-refractivity contribution is 0.0695. The lowest BCUT2D eigenvalue weighted by Crippen LogP contribution is -2.11. The van der Waals surface area contributed by atoms with Crippen molar-refractivity contribution in [1.82, 2.24) is 25.2 Å². The molecule has 0 amide bonds. The molecule has 1 N–H and O–H groups in total. The van der Waals surface area contributed by atoms with Crippen LogP contribution < -0.4 is 0 Å². The Balaban J connectivity index is 2.07. The lowest BCUT2D eigenvalue weighted by Gasteiger charge is -2.02. The zero-order chi connectivity index (χ0) is 14.8. The third-order valence-corrected chi connectivity index (χ3v) is 2.70. The average molecular weight is 285 g/mol. The third kappa shape index (κ3) is 2.46. The van der Waals surface area contributed by atoms with Crippen molar-refractivity contribution in [3.63, 3.8) is 0 Å². The number of rotatable bonds is 3. The lowest BCUT2D eigenvalue weighted by atomic mass is 10.2. The Labute approximate surface area is 117 Å². The second-order valence-electron chi connectivity index (χ2n) is 4.10. The van der Waals surface area contributed by atoms with Crippen LogP contribution in [-0.4, -0.2) is 36.3 Å². The van der Waals surface area contributed by atoms with E-state index < -0.39 is 11.8 Å². The van der Waals surface area contributed by atoms with E-state index in [1.165, 1.54) is 0 Å². The number of pyridine rings is 1. The van der Waals surface area contributed by atoms with Crippen LogP contribution in [0.2, 0.25) is 0 Å². The molecule has 0 aliphatic rings. The van der Waals surface area contributed by atoms with Crippen molar-refractivity contribution in [1.29, 1.82) is 0 Å². The number of aromatic carboxylic acids is 1. The van der Waals surface area contributed by atoms with Crippen LogP contribution in [0.4, 0.5) is 4.39 Å². The largest absolute Gasteiger partial charge is 0.478 e. The molecular formula is C13H8FN5O2. The second kappa shape index (κ2) is 5.08. The minimum absolute atomic E-state index is 0.0985. The predicted molar refractivity (Wildman–Crippen MR) is 69.3 cm³/mol. The normalized spacial score (nSPS) is 10.5. The SMILES string of the molecule is O=C(O)c1cc(F)cnc1-n1nnc(-c2ccccc2)n1. The van der Waals surface area contributed by atoms with Crippen LogP contribution in [0.15, 0.2) is 42.6 Å². The zero-order valence-electron chi connectivity index (χ0n) is 10.5. The van der Waals surface area contributed by atoms with Gasteiger partial charge in [-0.1, -0.05) is 30.3 Å². The van der Waals surface area contributed by atoms with E-state index in [2.05, 4.69) is 20.4 Å². The molecule has 0 fully saturated rings. The van der Waals surface area contributed by atoms with E-state index in [4.69, 9.17) is 5.11 Å². The first kappa shape index (κ1) is 12.9. The molecule has 2 heterocycles. The molecule has 1 aromatic carbocycles. The molecule has 0 atom stereocenters. The Morgan fingerprint density at radius 3 is 2.71 bits per heavy atom. The van der Waals surface area contributed by atoms with E-state index in [0.29, 0.717) is 5.82 Å². The molecule has 3 aromatic rings. The molecule has 0 saturated carbocycles. The molecule has 0 unspecified atom stereocenters. The Bertz CT molecular complexity index is 803. The van der Waals surface area contributed by atoms with Gasteiger partial charge in [0.15, 0.2) is 5.82 Å². The molecule has 0 spiro atoms. The van der Waals surface area contributed by atoms with Crippen molar-refractivity contribution in [2.24, 2.45) is 0 Å². The Kier molecular flexibility index (Phi) is 3.11. The molecule has 2 aromatic heterocycles. The molecular weight excluding hydrogens is 277 g/mol. The summed E-state index contributed by atoms with van der Waals surface area (Å²) in [6.45, 7) is 0. The summed E-state index contributed by atoms with van der Waals surface area (Å²) in [5.41, 5.74) is 0.384. The van der Waals surface area contributed by atoms with E-state index in [1.807, 2.05) is 18.2 Å². The summed E-state index contributed by atoms with van der Waals surface area (Å²) in [5, 5.41) is 20.8. The highest BCUT2D eigenvalue weighted by Crippen LogP contribution is 2.15. The van der Waals surface area contributed by atoms with E-state index in [-0.39, 0.29) is 11.4 Å². The van der Waals surface area contributed by atoms with E-state index in [1.54, 1.807) is 12.1 Å². The van der Waals surface area contributed by atoms with E-state index in [0.717, 1.165) is 22.6 Å². The number of halogens is 1. The van der Waals surface area contributed by atoms with Gasteiger partial charge in [0.05, 0.1) is 6.20 Å². The number of carboxylic acid groups (broad SMARTS) is 1. The first-order valence-electron chi connectivity index (χ1n) is 5.90. The van der Waals surface area contributed by atoms with Crippen LogP contribution >= 0.6 is 0 Å². The third-order valence-electron chi connectivity index (χ3n) is 2.70. The van der Waals surface area contributed by atoms with Gasteiger partial charge in [0, 0.05) is 5.56 Å². The monoisotopic (exact) mass is 285 g/mol. The number of hydrogen-bond donors (Lipinski definition) is 1. The van der Waals surface area contributed by atoms with Gasteiger partial charge in [-0.2, -0.15) is 0 Å². The fourth-order valence-electron chi connectivity index (χ4n) is 1.76. The minimum Gasteiger partial charge on any atom is -0.478 e. The number of carbonyl (C=O) groups is 1. The van der Waals surface area contributed by atoms with Gasteiger partial charge < -0.3 is 5.11 Å². The standard InChI is InChI=1S/C13H8FN5O2/c14-9-6-10(13(20)21)12(15-7-9)19-17-11(16-18-19)8-4-2-1-3-5-8/h1-7H,(H,20,21). The predicted octanol–water partition coefficient (Wildman–Crippen LogP) is 1.56. The maximum absolute atomic E-state index is 13.1. The summed E-state index contributed by atoms with van der Waals surface area (Å²) >= 11 is 0. The quantitative estimate of drug-likeness (QED) is 0.784. The van der Waals surface area contributed by atoms with Crippen molar-refractivity contribution in [2.45, 2.75) is 0 Å². The minimum atomic E-state index is -1.32. The van der Waals surface area contributed by atoms with Crippen molar-refractivity contribution < 1.29 is 14.3 Å². The molecule has 0 saturated heterocycles.